The van der Waals surface area contributed by atoms with Crippen LogP contribution in [0.15, 0.2) is 18.3 Å². The molecule has 0 unspecified atom stereocenters. The van der Waals surface area contributed by atoms with Crippen LogP contribution in [0.1, 0.15) is 36.8 Å². The number of imidazole rings is 1. The Kier molecular flexibility index (Phi) is 5.28. The third kappa shape index (κ3) is 4.04. The summed E-state index contributed by atoms with van der Waals surface area (Å²) in [6.07, 6.45) is 4.08. The zero-order valence-electron chi connectivity index (χ0n) is 17.9. The van der Waals surface area contributed by atoms with E-state index in [0.717, 1.165) is 12.8 Å². The Morgan fingerprint density at radius 1 is 1.33 bits per heavy atom. The Balaban J connectivity index is 1.56. The topological polar surface area (TPSA) is 98.5 Å². The van der Waals surface area contributed by atoms with Crippen molar-refractivity contribution in [1.82, 2.24) is 24.5 Å². The summed E-state index contributed by atoms with van der Waals surface area (Å²) in [5.74, 6) is 0.892. The number of likely N-dealkylation sites (tertiary alicyclic amines) is 1. The number of fused-ring (bicyclic) bond motifs is 1. The van der Waals surface area contributed by atoms with Gasteiger partial charge in [0.05, 0.1) is 28.5 Å². The van der Waals surface area contributed by atoms with Gasteiger partial charge in [0.2, 0.25) is 0 Å². The van der Waals surface area contributed by atoms with Gasteiger partial charge in [0.1, 0.15) is 5.67 Å². The van der Waals surface area contributed by atoms with Gasteiger partial charge in [-0.1, -0.05) is 23.3 Å². The molecule has 1 saturated heterocycles. The minimum absolute atomic E-state index is 0.160. The van der Waals surface area contributed by atoms with Crippen LogP contribution < -0.4 is 10.6 Å². The van der Waals surface area contributed by atoms with Gasteiger partial charge in [-0.05, 0) is 44.9 Å². The molecule has 2 aromatic heterocycles. The van der Waals surface area contributed by atoms with E-state index >= 15 is 4.39 Å². The first-order chi connectivity index (χ1) is 15.9. The van der Waals surface area contributed by atoms with Gasteiger partial charge in [-0.25, -0.2) is 9.37 Å². The Morgan fingerprint density at radius 2 is 2.09 bits per heavy atom. The van der Waals surface area contributed by atoms with Gasteiger partial charge in [0.15, 0.2) is 5.82 Å². The molecule has 0 spiro atoms. The first kappa shape index (κ1) is 21.4. The van der Waals surface area contributed by atoms with Gasteiger partial charge in [-0.3, -0.25) is 0 Å². The van der Waals surface area contributed by atoms with Crippen LogP contribution in [0.25, 0.3) is 10.5 Å². The molecule has 1 saturated carbocycles. The normalized spacial score (nSPS) is 18.0. The van der Waals surface area contributed by atoms with Crippen LogP contribution >= 0.6 is 11.6 Å². The lowest BCUT2D eigenvalue weighted by atomic mass is 9.85. The van der Waals surface area contributed by atoms with E-state index in [9.17, 15) is 5.26 Å². The van der Waals surface area contributed by atoms with E-state index in [1.54, 1.807) is 6.07 Å². The maximum Gasteiger partial charge on any atom is 0.275 e. The fraction of sp³-hybridized carbons (Fsp3) is 0.409. The monoisotopic (exact) mass is 465 g/mol. The molecular formula is C22H21ClFN9. The number of hydrogen-bond acceptors (Lipinski definition) is 7. The maximum absolute atomic E-state index is 15.9. The summed E-state index contributed by atoms with van der Waals surface area (Å²) < 4.78 is 17.3. The number of nitrogens with one attached hydrogen (secondary N) is 2. The molecule has 0 amide bonds. The zero-order valence-corrected chi connectivity index (χ0v) is 18.7. The lowest BCUT2D eigenvalue weighted by molar-refractivity contribution is 0.0675. The standard InChI is InChI=1S/C22H21ClFN9/c1-26-17-12-27-20-19(28-14-3-4-14)30-21(31-33(17)20)29-16-10-13(11-25)9-15(18(16)23)22(24)5-7-32(2)8-6-22/h9-10,12,14H,3-8H2,2H3,(H2,28,29,30,31). The highest BCUT2D eigenvalue weighted by atomic mass is 35.5. The van der Waals surface area contributed by atoms with Crippen molar-refractivity contribution in [1.29, 1.82) is 5.26 Å². The number of nitriles is 1. The number of hydrogen-bond donors (Lipinski definition) is 2. The van der Waals surface area contributed by atoms with Crippen LogP contribution in [-0.2, 0) is 5.67 Å². The molecule has 11 heteroatoms. The van der Waals surface area contributed by atoms with Gasteiger partial charge in [-0.2, -0.15) is 10.2 Å². The highest BCUT2D eigenvalue weighted by Gasteiger charge is 2.38. The Hall–Kier alpha value is -3.47. The summed E-state index contributed by atoms with van der Waals surface area (Å²) in [7, 11) is 1.95. The second kappa shape index (κ2) is 8.14. The van der Waals surface area contributed by atoms with Crippen molar-refractivity contribution in [2.24, 2.45) is 0 Å². The largest absolute Gasteiger partial charge is 0.362 e. The molecule has 2 fully saturated rings. The number of halogens is 2. The summed E-state index contributed by atoms with van der Waals surface area (Å²) in [6, 6.07) is 5.47. The number of benzene rings is 1. The molecule has 0 atom stereocenters. The number of piperidine rings is 1. The molecule has 5 rings (SSSR count). The predicted molar refractivity (Wildman–Crippen MR) is 123 cm³/mol. The Morgan fingerprint density at radius 3 is 2.76 bits per heavy atom. The number of rotatable bonds is 5. The van der Waals surface area contributed by atoms with E-state index in [0.29, 0.717) is 54.7 Å². The number of anilines is 3. The summed E-state index contributed by atoms with van der Waals surface area (Å²) in [4.78, 5) is 14.3. The van der Waals surface area contributed by atoms with Crippen molar-refractivity contribution in [3.63, 3.8) is 0 Å². The molecule has 168 valence electrons. The highest BCUT2D eigenvalue weighted by Crippen LogP contribution is 2.43. The lowest BCUT2D eigenvalue weighted by Gasteiger charge is -2.35. The van der Waals surface area contributed by atoms with Crippen molar-refractivity contribution < 1.29 is 4.39 Å². The van der Waals surface area contributed by atoms with Crippen molar-refractivity contribution in [2.45, 2.75) is 37.4 Å². The van der Waals surface area contributed by atoms with Crippen LogP contribution in [0, 0.1) is 17.9 Å². The molecule has 1 aliphatic carbocycles. The van der Waals surface area contributed by atoms with Crippen molar-refractivity contribution in [3.8, 4) is 6.07 Å². The fourth-order valence-electron chi connectivity index (χ4n) is 3.99. The lowest BCUT2D eigenvalue weighted by Crippen LogP contribution is -2.38. The van der Waals surface area contributed by atoms with E-state index in [1.807, 2.05) is 7.05 Å². The maximum atomic E-state index is 15.9. The van der Waals surface area contributed by atoms with Crippen molar-refractivity contribution >= 4 is 40.5 Å². The molecule has 33 heavy (non-hydrogen) atoms. The van der Waals surface area contributed by atoms with E-state index < -0.39 is 5.67 Å². The SMILES string of the molecule is [C-]#[N+]c1cnc2c(NC3CC3)nc(Nc3cc(C#N)cc(C4(F)CCN(C)CC4)c3Cl)nn12. The predicted octanol–water partition coefficient (Wildman–Crippen LogP) is 4.41. The summed E-state index contributed by atoms with van der Waals surface area (Å²) in [6.45, 7) is 8.58. The zero-order chi connectivity index (χ0) is 23.2. The molecule has 0 bridgehead atoms. The van der Waals surface area contributed by atoms with Crippen LogP contribution in [0.2, 0.25) is 5.02 Å². The van der Waals surface area contributed by atoms with E-state index in [2.05, 4.69) is 41.5 Å². The fourth-order valence-corrected chi connectivity index (χ4v) is 4.31. The molecule has 0 radical (unpaired) electrons. The van der Waals surface area contributed by atoms with Crippen LogP contribution in [0.4, 0.5) is 27.7 Å². The first-order valence-corrected chi connectivity index (χ1v) is 11.1. The molecule has 3 heterocycles. The van der Waals surface area contributed by atoms with Gasteiger partial charge in [0, 0.05) is 24.7 Å². The number of aromatic nitrogens is 4. The van der Waals surface area contributed by atoms with Crippen LogP contribution in [0.5, 0.6) is 0 Å². The summed E-state index contributed by atoms with van der Waals surface area (Å²) in [5.41, 5.74) is -0.263. The molecule has 2 N–H and O–H groups in total. The number of nitrogens with zero attached hydrogens (tertiary/aromatic N) is 7. The van der Waals surface area contributed by atoms with E-state index in [-0.39, 0.29) is 22.4 Å². The second-order valence-corrected chi connectivity index (χ2v) is 8.93. The van der Waals surface area contributed by atoms with Gasteiger partial charge in [0.25, 0.3) is 17.4 Å². The molecule has 3 aromatic rings. The Labute approximate surface area is 195 Å². The smallest absolute Gasteiger partial charge is 0.275 e. The highest BCUT2D eigenvalue weighted by molar-refractivity contribution is 6.34. The molecule has 2 aliphatic rings. The Bertz CT molecular complexity index is 1310. The second-order valence-electron chi connectivity index (χ2n) is 8.56. The summed E-state index contributed by atoms with van der Waals surface area (Å²) in [5, 5.41) is 20.5. The van der Waals surface area contributed by atoms with Gasteiger partial charge in [-0.15, -0.1) is 4.52 Å². The van der Waals surface area contributed by atoms with Crippen molar-refractivity contribution in [3.05, 3.63) is 45.9 Å². The third-order valence-electron chi connectivity index (χ3n) is 6.09. The quantitative estimate of drug-likeness (QED) is 0.538. The molecule has 1 aliphatic heterocycles. The molecule has 1 aromatic carbocycles. The van der Waals surface area contributed by atoms with Gasteiger partial charge < -0.3 is 20.4 Å². The first-order valence-electron chi connectivity index (χ1n) is 10.7. The van der Waals surface area contributed by atoms with Crippen molar-refractivity contribution in [2.75, 3.05) is 30.8 Å². The van der Waals surface area contributed by atoms with E-state index in [1.165, 1.54) is 16.8 Å². The third-order valence-corrected chi connectivity index (χ3v) is 6.49. The average Bonchev–Trinajstić information content (AvgIpc) is 3.53. The minimum Gasteiger partial charge on any atom is -0.362 e. The van der Waals surface area contributed by atoms with Crippen LogP contribution in [-0.4, -0.2) is 50.7 Å². The summed E-state index contributed by atoms with van der Waals surface area (Å²) >= 11 is 6.67. The average molecular weight is 466 g/mol. The van der Waals surface area contributed by atoms with E-state index in [4.69, 9.17) is 18.2 Å². The van der Waals surface area contributed by atoms with Crippen LogP contribution in [0.3, 0.4) is 0 Å². The molecular weight excluding hydrogens is 445 g/mol. The minimum atomic E-state index is -1.63. The number of alkyl halides is 1. The molecule has 9 nitrogen and oxygen atoms in total. The van der Waals surface area contributed by atoms with Gasteiger partial charge >= 0.3 is 0 Å².